The molecule has 230 valence electrons. The Balaban J connectivity index is 0.000000222. The molecule has 3 aromatic rings. The van der Waals surface area contributed by atoms with Gasteiger partial charge in [0.2, 0.25) is 18.0 Å². The summed E-state index contributed by atoms with van der Waals surface area (Å²) in [5.41, 5.74) is 10.6. The van der Waals surface area contributed by atoms with Crippen LogP contribution in [0.5, 0.6) is 5.75 Å². The summed E-state index contributed by atoms with van der Waals surface area (Å²) in [6.45, 7) is -0.00882. The van der Waals surface area contributed by atoms with Gasteiger partial charge in [0.15, 0.2) is 5.69 Å². The van der Waals surface area contributed by atoms with Crippen molar-refractivity contribution in [2.75, 3.05) is 32.0 Å². The summed E-state index contributed by atoms with van der Waals surface area (Å²) in [6.07, 6.45) is -3.34. The molecule has 1 aromatic heterocycles. The van der Waals surface area contributed by atoms with E-state index in [0.29, 0.717) is 4.90 Å². The zero-order valence-electron chi connectivity index (χ0n) is 22.9. The Bertz CT molecular complexity index is 1540. The van der Waals surface area contributed by atoms with Crippen molar-refractivity contribution in [2.45, 2.75) is 36.2 Å². The Morgan fingerprint density at radius 2 is 1.91 bits per heavy atom. The van der Waals surface area contributed by atoms with Gasteiger partial charge in [-0.25, -0.2) is 4.79 Å². The zero-order valence-corrected chi connectivity index (χ0v) is 24.5. The molecule has 2 aliphatic rings. The van der Waals surface area contributed by atoms with Crippen molar-refractivity contribution in [3.05, 3.63) is 92.4 Å². The number of benzene rings is 2. The maximum absolute atomic E-state index is 13.0. The van der Waals surface area contributed by atoms with Gasteiger partial charge in [-0.1, -0.05) is 41.9 Å². The molecule has 0 aliphatic carbocycles. The van der Waals surface area contributed by atoms with Gasteiger partial charge in [-0.15, -0.1) is 11.8 Å². The Morgan fingerprint density at radius 3 is 2.65 bits per heavy atom. The first-order chi connectivity index (χ1) is 20.5. The van der Waals surface area contributed by atoms with Gasteiger partial charge in [-0.05, 0) is 42.2 Å². The van der Waals surface area contributed by atoms with Crippen molar-refractivity contribution in [3.8, 4) is 5.75 Å². The molecule has 2 aromatic carbocycles. The number of ether oxygens (including phenoxy) is 2. The van der Waals surface area contributed by atoms with Gasteiger partial charge >= 0.3 is 12.3 Å². The van der Waals surface area contributed by atoms with Crippen molar-refractivity contribution in [1.29, 1.82) is 0 Å². The zero-order chi connectivity index (χ0) is 31.1. The van der Waals surface area contributed by atoms with Gasteiger partial charge in [-0.2, -0.15) is 13.2 Å². The van der Waals surface area contributed by atoms with Gasteiger partial charge in [0, 0.05) is 41.0 Å². The Kier molecular flexibility index (Phi) is 10.5. The monoisotopic (exact) mass is 639 g/mol. The van der Waals surface area contributed by atoms with Crippen LogP contribution in [-0.4, -0.2) is 60.3 Å². The van der Waals surface area contributed by atoms with Crippen molar-refractivity contribution >= 4 is 35.4 Å². The molecule has 0 unspecified atom stereocenters. The molecule has 2 aliphatic heterocycles. The average molecular weight is 640 g/mol. The third kappa shape index (κ3) is 7.75. The van der Waals surface area contributed by atoms with Crippen LogP contribution in [-0.2, 0) is 16.9 Å². The molecule has 15 heteroatoms. The number of alkyl carbamates (subject to hydrolysis) is 1. The Hall–Kier alpha value is -3.88. The molecule has 0 saturated carbocycles. The van der Waals surface area contributed by atoms with E-state index in [0.717, 1.165) is 34.9 Å². The molecule has 10 nitrogen and oxygen atoms in total. The number of nitrogens with zero attached hydrogens (tertiary/aromatic N) is 2. The number of hydrogen-bond donors (Lipinski definition) is 3. The van der Waals surface area contributed by atoms with Crippen LogP contribution in [0.15, 0.2) is 64.4 Å². The molecule has 0 spiro atoms. The molecule has 0 fully saturated rings. The lowest BCUT2D eigenvalue weighted by molar-refractivity contribution is -0.172. The number of nitrogens with one attached hydrogen (secondary N) is 2. The maximum atomic E-state index is 13.0. The number of fused-ring (bicyclic) bond motifs is 3. The highest BCUT2D eigenvalue weighted by Crippen LogP contribution is 2.36. The summed E-state index contributed by atoms with van der Waals surface area (Å²) in [4.78, 5) is 37.8. The predicted molar refractivity (Wildman–Crippen MR) is 156 cm³/mol. The number of halogens is 4. The SMILES string of the molecule is C[C@@H](N1CNn2ccc(=O)c(OCOC(=O)NCCN)c2C1=O)C(F)(F)F.Clc1cccc2c1CSc1ccccc1C2. The largest absolute Gasteiger partial charge is 0.451 e. The second-order valence-corrected chi connectivity index (χ2v) is 10.8. The molecule has 0 bridgehead atoms. The average Bonchev–Trinajstić information content (AvgIpc) is 3.17. The molecular formula is C28H29ClF3N5O5S. The molecule has 1 atom stereocenters. The number of aromatic nitrogens is 1. The van der Waals surface area contributed by atoms with Crippen LogP contribution in [0.4, 0.5) is 18.0 Å². The summed E-state index contributed by atoms with van der Waals surface area (Å²) in [7, 11) is 0. The van der Waals surface area contributed by atoms with Crippen molar-refractivity contribution in [3.63, 3.8) is 0 Å². The molecule has 5 rings (SSSR count). The first kappa shape index (κ1) is 32.0. The van der Waals surface area contributed by atoms with Crippen molar-refractivity contribution < 1.29 is 32.2 Å². The summed E-state index contributed by atoms with van der Waals surface area (Å²) in [5, 5.41) is 3.18. The van der Waals surface area contributed by atoms with Crippen LogP contribution in [0.25, 0.3) is 0 Å². The first-order valence-corrected chi connectivity index (χ1v) is 14.4. The molecule has 43 heavy (non-hydrogen) atoms. The smallest absolute Gasteiger partial charge is 0.410 e. The van der Waals surface area contributed by atoms with E-state index in [2.05, 4.69) is 45.8 Å². The van der Waals surface area contributed by atoms with Gasteiger partial charge in [-0.3, -0.25) is 14.3 Å². The minimum atomic E-state index is -4.65. The molecular weight excluding hydrogens is 611 g/mol. The fourth-order valence-electron chi connectivity index (χ4n) is 4.28. The topological polar surface area (TPSA) is 128 Å². The van der Waals surface area contributed by atoms with Crippen LogP contribution in [0.1, 0.15) is 34.1 Å². The number of amides is 2. The van der Waals surface area contributed by atoms with E-state index < -0.39 is 54.6 Å². The Labute approximate surface area is 254 Å². The number of hydrogen-bond acceptors (Lipinski definition) is 8. The van der Waals surface area contributed by atoms with E-state index >= 15 is 0 Å². The van der Waals surface area contributed by atoms with E-state index in [1.54, 1.807) is 0 Å². The third-order valence-corrected chi connectivity index (χ3v) is 8.12. The second kappa shape index (κ2) is 14.1. The number of carbonyl (C=O) groups is 2. The minimum absolute atomic E-state index is 0.148. The highest BCUT2D eigenvalue weighted by molar-refractivity contribution is 7.98. The minimum Gasteiger partial charge on any atom is -0.451 e. The summed E-state index contributed by atoms with van der Waals surface area (Å²) >= 11 is 8.13. The highest BCUT2D eigenvalue weighted by Gasteiger charge is 2.44. The van der Waals surface area contributed by atoms with Crippen LogP contribution >= 0.6 is 23.4 Å². The third-order valence-electron chi connectivity index (χ3n) is 6.62. The fourth-order valence-corrected chi connectivity index (χ4v) is 5.76. The molecule has 3 heterocycles. The molecule has 0 saturated heterocycles. The van der Waals surface area contributed by atoms with Crippen LogP contribution in [0.2, 0.25) is 5.02 Å². The van der Waals surface area contributed by atoms with Gasteiger partial charge in [0.25, 0.3) is 5.91 Å². The summed E-state index contributed by atoms with van der Waals surface area (Å²) in [6, 6.07) is 13.8. The van der Waals surface area contributed by atoms with Crippen molar-refractivity contribution in [1.82, 2.24) is 14.9 Å². The number of carbonyl (C=O) groups excluding carboxylic acids is 2. The van der Waals surface area contributed by atoms with Crippen LogP contribution < -0.4 is 26.6 Å². The van der Waals surface area contributed by atoms with E-state index in [1.165, 1.54) is 27.8 Å². The van der Waals surface area contributed by atoms with Gasteiger partial charge < -0.3 is 30.8 Å². The Morgan fingerprint density at radius 1 is 1.16 bits per heavy atom. The number of thioether (sulfide) groups is 1. The van der Waals surface area contributed by atoms with E-state index in [9.17, 15) is 27.6 Å². The number of nitrogens with two attached hydrogens (primary N) is 1. The van der Waals surface area contributed by atoms with E-state index in [1.807, 2.05) is 23.9 Å². The normalized spacial score (nSPS) is 14.5. The lowest BCUT2D eigenvalue weighted by atomic mass is 10.0. The molecule has 4 N–H and O–H groups in total. The summed E-state index contributed by atoms with van der Waals surface area (Å²) in [5.74, 6) is -0.619. The molecule has 2 amide bonds. The number of alkyl halides is 3. The fraction of sp³-hybridized carbons (Fsp3) is 0.321. The van der Waals surface area contributed by atoms with Gasteiger partial charge in [0.05, 0.1) is 0 Å². The second-order valence-electron chi connectivity index (χ2n) is 9.40. The van der Waals surface area contributed by atoms with E-state index in [-0.39, 0.29) is 13.1 Å². The number of pyridine rings is 1. The first-order valence-electron chi connectivity index (χ1n) is 13.1. The predicted octanol–water partition coefficient (Wildman–Crippen LogP) is 4.31. The summed E-state index contributed by atoms with van der Waals surface area (Å²) < 4.78 is 49.7. The maximum Gasteiger partial charge on any atom is 0.410 e. The quantitative estimate of drug-likeness (QED) is 0.341. The van der Waals surface area contributed by atoms with Crippen LogP contribution in [0.3, 0.4) is 0 Å². The van der Waals surface area contributed by atoms with E-state index in [4.69, 9.17) is 22.1 Å². The highest BCUT2D eigenvalue weighted by atomic mass is 35.5. The lowest BCUT2D eigenvalue weighted by Gasteiger charge is -2.36. The standard InChI is InChI=1S/C14H11ClS.C14H18F3N5O5/c15-13-6-3-5-10-8-11-4-1-2-7-14(11)16-9-12(10)13;1-8(14(15,16)17)21-6-20-22-5-2-9(23)11(10(22)12(21)24)26-7-27-13(25)19-4-3-18/h1-7H,8-9H2;2,5,8,20H,3-4,6-7,18H2,1H3,(H,19,25)/t;8-/m.1/s1. The van der Waals surface area contributed by atoms with Gasteiger partial charge in [0.1, 0.15) is 12.7 Å². The molecule has 0 radical (unpaired) electrons. The lowest BCUT2D eigenvalue weighted by Crippen LogP contribution is -2.54. The van der Waals surface area contributed by atoms with Crippen molar-refractivity contribution in [2.24, 2.45) is 5.73 Å². The van der Waals surface area contributed by atoms with Crippen LogP contribution in [0, 0.1) is 0 Å². The number of rotatable bonds is 6.